The number of fused-ring (bicyclic) bond motifs is 1. The Balaban J connectivity index is 1.85. The summed E-state index contributed by atoms with van der Waals surface area (Å²) in [4.78, 5) is 24.7. The zero-order valence-corrected chi connectivity index (χ0v) is 14.3. The minimum absolute atomic E-state index is 0.0452. The summed E-state index contributed by atoms with van der Waals surface area (Å²) >= 11 is 0. The van der Waals surface area contributed by atoms with Gasteiger partial charge in [-0.25, -0.2) is 0 Å². The van der Waals surface area contributed by atoms with Crippen LogP contribution < -0.4 is 14.2 Å². The molecule has 142 valence electrons. The maximum Gasteiger partial charge on any atom is 0.471 e. The molecule has 0 atom stereocenters. The highest BCUT2D eigenvalue weighted by molar-refractivity contribution is 6.01. The zero-order valence-electron chi connectivity index (χ0n) is 14.3. The average molecular weight is 373 g/mol. The first-order chi connectivity index (χ1) is 12.2. The smallest absolute Gasteiger partial charge is 0.471 e. The number of ketones is 1. The number of nitrogens with zero attached hydrogens (tertiary/aromatic N) is 1. The van der Waals surface area contributed by atoms with Gasteiger partial charge in [0.15, 0.2) is 17.3 Å². The number of piperidine rings is 1. The Hall–Kier alpha value is -2.45. The first-order valence-electron chi connectivity index (χ1n) is 8.04. The Kier molecular flexibility index (Phi) is 4.49. The first kappa shape index (κ1) is 18.3. The third-order valence-corrected chi connectivity index (χ3v) is 4.81. The lowest BCUT2D eigenvalue weighted by atomic mass is 9.82. The molecule has 9 heteroatoms. The topological polar surface area (TPSA) is 65.1 Å². The molecule has 1 amide bonds. The Morgan fingerprint density at radius 2 is 1.85 bits per heavy atom. The number of methoxy groups -OCH3 is 2. The molecule has 1 spiro atoms. The van der Waals surface area contributed by atoms with E-state index in [1.165, 1.54) is 14.2 Å². The normalized spacial score (nSPS) is 19.0. The van der Waals surface area contributed by atoms with Crippen molar-refractivity contribution in [3.63, 3.8) is 0 Å². The molecule has 1 fully saturated rings. The molecule has 1 saturated heterocycles. The number of likely N-dealkylation sites (tertiary alicyclic amines) is 1. The standard InChI is InChI=1S/C17H18F3NO5/c1-24-12-4-3-10-11(22)9-16(26-13(10)14(12)25-2)5-7-21(8-6-16)15(23)17(18,19)20/h3-4H,5-9H2,1-2H3. The number of ether oxygens (including phenoxy) is 3. The third-order valence-electron chi connectivity index (χ3n) is 4.81. The summed E-state index contributed by atoms with van der Waals surface area (Å²) in [6, 6.07) is 3.18. The molecule has 0 unspecified atom stereocenters. The molecule has 2 aliphatic heterocycles. The van der Waals surface area contributed by atoms with Crippen LogP contribution in [0.4, 0.5) is 13.2 Å². The van der Waals surface area contributed by atoms with Crippen LogP contribution >= 0.6 is 0 Å². The monoisotopic (exact) mass is 373 g/mol. The van der Waals surface area contributed by atoms with Gasteiger partial charge in [0.2, 0.25) is 5.75 Å². The van der Waals surface area contributed by atoms with Crippen molar-refractivity contribution in [3.05, 3.63) is 17.7 Å². The van der Waals surface area contributed by atoms with Crippen molar-refractivity contribution in [3.8, 4) is 17.2 Å². The number of carbonyl (C=O) groups excluding carboxylic acids is 2. The van der Waals surface area contributed by atoms with Crippen molar-refractivity contribution < 1.29 is 37.0 Å². The fourth-order valence-corrected chi connectivity index (χ4v) is 3.44. The fraction of sp³-hybridized carbons (Fsp3) is 0.529. The van der Waals surface area contributed by atoms with E-state index in [1.807, 2.05) is 0 Å². The maximum absolute atomic E-state index is 12.6. The predicted octanol–water partition coefficient (Wildman–Crippen LogP) is 2.59. The summed E-state index contributed by atoms with van der Waals surface area (Å²) in [6.07, 6.45) is -4.61. The van der Waals surface area contributed by atoms with Crippen molar-refractivity contribution >= 4 is 11.7 Å². The molecule has 2 aliphatic rings. The lowest BCUT2D eigenvalue weighted by Crippen LogP contribution is -2.54. The molecule has 26 heavy (non-hydrogen) atoms. The van der Waals surface area contributed by atoms with Gasteiger partial charge in [-0.15, -0.1) is 0 Å². The second-order valence-corrected chi connectivity index (χ2v) is 6.35. The van der Waals surface area contributed by atoms with E-state index in [-0.39, 0.29) is 49.6 Å². The van der Waals surface area contributed by atoms with Crippen molar-refractivity contribution in [1.29, 1.82) is 0 Å². The summed E-state index contributed by atoms with van der Waals surface area (Å²) in [5.41, 5.74) is -0.603. The summed E-state index contributed by atoms with van der Waals surface area (Å²) in [7, 11) is 2.86. The third kappa shape index (κ3) is 3.06. The van der Waals surface area contributed by atoms with Gasteiger partial charge >= 0.3 is 12.1 Å². The van der Waals surface area contributed by atoms with Crippen molar-refractivity contribution in [2.24, 2.45) is 0 Å². The molecule has 2 heterocycles. The van der Waals surface area contributed by atoms with Crippen LogP contribution in [0.1, 0.15) is 29.6 Å². The molecule has 1 aromatic rings. The van der Waals surface area contributed by atoms with Gasteiger partial charge in [-0.1, -0.05) is 0 Å². The van der Waals surface area contributed by atoms with Crippen LogP contribution in [-0.2, 0) is 4.79 Å². The van der Waals surface area contributed by atoms with Crippen LogP contribution in [0.3, 0.4) is 0 Å². The van der Waals surface area contributed by atoms with Gasteiger partial charge in [0.1, 0.15) is 5.60 Å². The average Bonchev–Trinajstić information content (AvgIpc) is 2.60. The van der Waals surface area contributed by atoms with E-state index in [1.54, 1.807) is 12.1 Å². The minimum atomic E-state index is -4.91. The molecule has 0 aliphatic carbocycles. The van der Waals surface area contributed by atoms with E-state index in [9.17, 15) is 22.8 Å². The number of hydrogen-bond acceptors (Lipinski definition) is 5. The number of benzene rings is 1. The second-order valence-electron chi connectivity index (χ2n) is 6.35. The lowest BCUT2D eigenvalue weighted by Gasteiger charge is -2.44. The van der Waals surface area contributed by atoms with Gasteiger partial charge < -0.3 is 19.1 Å². The Bertz CT molecular complexity index is 739. The molecule has 3 rings (SSSR count). The van der Waals surface area contributed by atoms with Crippen LogP contribution in [0, 0.1) is 0 Å². The molecule has 0 bridgehead atoms. The van der Waals surface area contributed by atoms with Gasteiger partial charge in [0.05, 0.1) is 26.2 Å². The summed E-state index contributed by atoms with van der Waals surface area (Å²) in [6.45, 7) is -0.263. The Labute approximate surface area is 147 Å². The van der Waals surface area contributed by atoms with Crippen LogP contribution in [0.5, 0.6) is 17.2 Å². The second kappa shape index (κ2) is 6.37. The van der Waals surface area contributed by atoms with Crippen molar-refractivity contribution in [2.45, 2.75) is 31.0 Å². The van der Waals surface area contributed by atoms with Crippen LogP contribution in [-0.4, -0.2) is 55.7 Å². The van der Waals surface area contributed by atoms with Gasteiger partial charge in [-0.05, 0) is 12.1 Å². The van der Waals surface area contributed by atoms with E-state index in [0.29, 0.717) is 11.3 Å². The highest BCUT2D eigenvalue weighted by Gasteiger charge is 2.49. The van der Waals surface area contributed by atoms with E-state index in [2.05, 4.69) is 0 Å². The highest BCUT2D eigenvalue weighted by atomic mass is 19.4. The fourth-order valence-electron chi connectivity index (χ4n) is 3.44. The number of alkyl halides is 3. The summed E-state index contributed by atoms with van der Waals surface area (Å²) in [5.74, 6) is -1.15. The molecular weight excluding hydrogens is 355 g/mol. The predicted molar refractivity (Wildman–Crippen MR) is 83.7 cm³/mol. The van der Waals surface area contributed by atoms with Gasteiger partial charge in [-0.2, -0.15) is 13.2 Å². The summed E-state index contributed by atoms with van der Waals surface area (Å²) < 4.78 is 54.4. The first-order valence-corrected chi connectivity index (χ1v) is 8.04. The lowest BCUT2D eigenvalue weighted by molar-refractivity contribution is -0.188. The van der Waals surface area contributed by atoms with E-state index < -0.39 is 17.7 Å². The SMILES string of the molecule is COc1ccc2c(c1OC)OC1(CCN(C(=O)C(F)(F)F)CC1)CC2=O. The quantitative estimate of drug-likeness (QED) is 0.797. The van der Waals surface area contributed by atoms with Crippen LogP contribution in [0.2, 0.25) is 0 Å². The number of halogens is 3. The Morgan fingerprint density at radius 1 is 1.19 bits per heavy atom. The molecule has 6 nitrogen and oxygen atoms in total. The van der Waals surface area contributed by atoms with E-state index >= 15 is 0 Å². The number of rotatable bonds is 2. The molecule has 0 aromatic heterocycles. The number of carbonyl (C=O) groups is 2. The van der Waals surface area contributed by atoms with Crippen molar-refractivity contribution in [2.75, 3.05) is 27.3 Å². The zero-order chi connectivity index (χ0) is 19.1. The number of hydrogen-bond donors (Lipinski definition) is 0. The van der Waals surface area contributed by atoms with Crippen LogP contribution in [0.15, 0.2) is 12.1 Å². The highest BCUT2D eigenvalue weighted by Crippen LogP contribution is 2.47. The molecule has 0 saturated carbocycles. The van der Waals surface area contributed by atoms with E-state index in [0.717, 1.165) is 4.90 Å². The van der Waals surface area contributed by atoms with E-state index in [4.69, 9.17) is 14.2 Å². The minimum Gasteiger partial charge on any atom is -0.493 e. The molecule has 0 radical (unpaired) electrons. The van der Waals surface area contributed by atoms with Crippen molar-refractivity contribution in [1.82, 2.24) is 4.90 Å². The number of Topliss-reactive ketones (excluding diaryl/α,β-unsaturated/α-hetero) is 1. The maximum atomic E-state index is 12.6. The molecular formula is C17H18F3NO5. The summed E-state index contributed by atoms with van der Waals surface area (Å²) in [5, 5.41) is 0. The van der Waals surface area contributed by atoms with Crippen LogP contribution in [0.25, 0.3) is 0 Å². The van der Waals surface area contributed by atoms with Gasteiger partial charge in [-0.3, -0.25) is 9.59 Å². The molecule has 1 aromatic carbocycles. The largest absolute Gasteiger partial charge is 0.493 e. The van der Waals surface area contributed by atoms with Gasteiger partial charge in [0, 0.05) is 25.9 Å². The Morgan fingerprint density at radius 3 is 2.38 bits per heavy atom. The molecule has 0 N–H and O–H groups in total. The van der Waals surface area contributed by atoms with Gasteiger partial charge in [0.25, 0.3) is 0 Å². The number of amides is 1.